The van der Waals surface area contributed by atoms with Gasteiger partial charge in [0.1, 0.15) is 0 Å². The molecule has 0 amide bonds. The third kappa shape index (κ3) is 2.14. The van der Waals surface area contributed by atoms with E-state index in [1.165, 1.54) is 12.1 Å². The number of fused-ring (bicyclic) bond motifs is 1. The van der Waals surface area contributed by atoms with Crippen molar-refractivity contribution in [3.63, 3.8) is 0 Å². The number of carbonyl (C=O) groups excluding carboxylic acids is 1. The van der Waals surface area contributed by atoms with E-state index < -0.39 is 26.7 Å². The Morgan fingerprint density at radius 3 is 2.61 bits per heavy atom. The predicted molar refractivity (Wildman–Crippen MR) is 63.1 cm³/mol. The van der Waals surface area contributed by atoms with Crippen molar-refractivity contribution in [1.82, 2.24) is 0 Å². The number of carboxylic acids is 1. The molecule has 0 fully saturated rings. The van der Waals surface area contributed by atoms with E-state index in [-0.39, 0.29) is 16.1 Å². The van der Waals surface area contributed by atoms with Gasteiger partial charge in [0.15, 0.2) is 11.7 Å². The Labute approximate surface area is 106 Å². The number of hydrogen-bond acceptors (Lipinski definition) is 5. The van der Waals surface area contributed by atoms with Crippen LogP contribution in [0.2, 0.25) is 0 Å². The number of halogens is 1. The van der Waals surface area contributed by atoms with E-state index in [1.807, 2.05) is 0 Å². The minimum atomic E-state index is -3.98. The molecule has 0 radical (unpaired) electrons. The molecule has 1 aliphatic rings. The average molecular weight is 288 g/mol. The van der Waals surface area contributed by atoms with E-state index in [1.54, 1.807) is 0 Å². The maximum Gasteiger partial charge on any atom is 0.319 e. The number of hydrogen-bond donors (Lipinski definition) is 1. The number of carboxylic acid groups (broad SMARTS) is 1. The number of rotatable bonds is 2. The molecule has 6 nitrogen and oxygen atoms in total. The monoisotopic (exact) mass is 287 g/mol. The van der Waals surface area contributed by atoms with Crippen LogP contribution in [0.15, 0.2) is 28.1 Å². The molecular weight excluding hydrogens is 282 g/mol. The summed E-state index contributed by atoms with van der Waals surface area (Å²) < 4.78 is 22.3. The summed E-state index contributed by atoms with van der Waals surface area (Å²) in [7, 11) is 1.18. The van der Waals surface area contributed by atoms with Gasteiger partial charge in [-0.1, -0.05) is 0 Å². The largest absolute Gasteiger partial charge is 0.480 e. The van der Waals surface area contributed by atoms with Gasteiger partial charge in [-0.3, -0.25) is 14.6 Å². The number of benzene rings is 1. The van der Waals surface area contributed by atoms with Crippen LogP contribution in [-0.2, 0) is 13.8 Å². The van der Waals surface area contributed by atoms with Crippen LogP contribution in [0, 0.1) is 5.92 Å². The van der Waals surface area contributed by atoms with Gasteiger partial charge in [-0.2, -0.15) is 0 Å². The summed E-state index contributed by atoms with van der Waals surface area (Å²) in [4.78, 5) is 26.2. The van der Waals surface area contributed by atoms with Gasteiger partial charge in [-0.25, -0.2) is 8.42 Å². The molecule has 1 aromatic carbocycles. The number of nitrogens with zero attached hydrogens (tertiary/aromatic N) is 1. The lowest BCUT2D eigenvalue weighted by Gasteiger charge is -2.14. The SMILES string of the molecule is O=C(O)C1C=Nc2ccc(S(=O)(=O)Cl)cc2C1=O. The van der Waals surface area contributed by atoms with Crippen LogP contribution in [0.4, 0.5) is 5.69 Å². The topological polar surface area (TPSA) is 101 Å². The van der Waals surface area contributed by atoms with Crippen molar-refractivity contribution in [3.05, 3.63) is 23.8 Å². The fourth-order valence-corrected chi connectivity index (χ4v) is 2.32. The lowest BCUT2D eigenvalue weighted by atomic mass is 9.95. The van der Waals surface area contributed by atoms with E-state index in [0.29, 0.717) is 0 Å². The molecule has 1 aromatic rings. The van der Waals surface area contributed by atoms with Crippen molar-refractivity contribution < 1.29 is 23.1 Å². The second kappa shape index (κ2) is 4.18. The second-order valence-electron chi connectivity index (χ2n) is 3.58. The number of aliphatic carboxylic acids is 1. The first kappa shape index (κ1) is 12.7. The minimum Gasteiger partial charge on any atom is -0.480 e. The zero-order chi connectivity index (χ0) is 13.5. The van der Waals surface area contributed by atoms with Gasteiger partial charge in [0, 0.05) is 22.5 Å². The normalized spacial score (nSPS) is 18.5. The number of carbonyl (C=O) groups is 2. The summed E-state index contributed by atoms with van der Waals surface area (Å²) in [6.45, 7) is 0. The van der Waals surface area contributed by atoms with Gasteiger partial charge in [0.05, 0.1) is 10.6 Å². The number of aliphatic imine (C=N–C) groups is 1. The van der Waals surface area contributed by atoms with Crippen LogP contribution in [-0.4, -0.2) is 31.5 Å². The predicted octanol–water partition coefficient (Wildman–Crippen LogP) is 1.21. The molecule has 0 saturated heterocycles. The average Bonchev–Trinajstić information content (AvgIpc) is 2.27. The summed E-state index contributed by atoms with van der Waals surface area (Å²) in [5.41, 5.74) is 0.160. The third-order valence-electron chi connectivity index (χ3n) is 2.43. The number of Topliss-reactive ketones (excluding diaryl/α,β-unsaturated/α-hetero) is 1. The molecule has 1 aliphatic heterocycles. The van der Waals surface area contributed by atoms with Crippen LogP contribution in [0.5, 0.6) is 0 Å². The Bertz CT molecular complexity index is 680. The smallest absolute Gasteiger partial charge is 0.319 e. The van der Waals surface area contributed by atoms with E-state index in [9.17, 15) is 18.0 Å². The first-order valence-corrected chi connectivity index (χ1v) is 7.01. The summed E-state index contributed by atoms with van der Waals surface area (Å²) >= 11 is 0. The summed E-state index contributed by atoms with van der Waals surface area (Å²) in [5, 5.41) is 8.81. The minimum absolute atomic E-state index is 0.0633. The van der Waals surface area contributed by atoms with Crippen LogP contribution >= 0.6 is 10.7 Å². The molecule has 18 heavy (non-hydrogen) atoms. The Morgan fingerprint density at radius 2 is 2.06 bits per heavy atom. The van der Waals surface area contributed by atoms with Gasteiger partial charge >= 0.3 is 5.97 Å². The van der Waals surface area contributed by atoms with Gasteiger partial charge < -0.3 is 5.11 Å². The molecule has 94 valence electrons. The molecule has 8 heteroatoms. The van der Waals surface area contributed by atoms with Crippen LogP contribution < -0.4 is 0 Å². The van der Waals surface area contributed by atoms with Crippen LogP contribution in [0.1, 0.15) is 10.4 Å². The highest BCUT2D eigenvalue weighted by atomic mass is 35.7. The second-order valence-corrected chi connectivity index (χ2v) is 6.14. The lowest BCUT2D eigenvalue weighted by Crippen LogP contribution is -2.27. The Kier molecular flexibility index (Phi) is 2.95. The van der Waals surface area contributed by atoms with Crippen molar-refractivity contribution in [2.75, 3.05) is 0 Å². The highest BCUT2D eigenvalue weighted by molar-refractivity contribution is 8.13. The summed E-state index contributed by atoms with van der Waals surface area (Å²) in [5.74, 6) is -3.45. The van der Waals surface area contributed by atoms with Crippen molar-refractivity contribution in [3.8, 4) is 0 Å². The molecule has 1 heterocycles. The molecule has 1 atom stereocenters. The van der Waals surface area contributed by atoms with E-state index in [0.717, 1.165) is 12.3 Å². The summed E-state index contributed by atoms with van der Waals surface area (Å²) in [6.07, 6.45) is 1.02. The third-order valence-corrected chi connectivity index (χ3v) is 3.78. The molecule has 0 aliphatic carbocycles. The molecule has 1 N–H and O–H groups in total. The van der Waals surface area contributed by atoms with Gasteiger partial charge in [-0.05, 0) is 18.2 Å². The standard InChI is InChI=1S/C10H6ClNO5S/c11-18(16,17)5-1-2-8-6(3-5)9(13)7(4-12-8)10(14)15/h1-4,7H,(H,14,15). The van der Waals surface area contributed by atoms with E-state index in [4.69, 9.17) is 15.8 Å². The first-order valence-electron chi connectivity index (χ1n) is 4.70. The molecule has 0 aromatic heterocycles. The quantitative estimate of drug-likeness (QED) is 0.651. The number of ketones is 1. The van der Waals surface area contributed by atoms with Crippen molar-refractivity contribution >= 4 is 43.4 Å². The zero-order valence-electron chi connectivity index (χ0n) is 8.70. The van der Waals surface area contributed by atoms with Crippen molar-refractivity contribution in [2.45, 2.75) is 4.90 Å². The highest BCUT2D eigenvalue weighted by Crippen LogP contribution is 2.29. The van der Waals surface area contributed by atoms with Crippen LogP contribution in [0.25, 0.3) is 0 Å². The Balaban J connectivity index is 2.59. The zero-order valence-corrected chi connectivity index (χ0v) is 10.3. The molecule has 0 spiro atoms. The summed E-state index contributed by atoms with van der Waals surface area (Å²) in [6, 6.07) is 3.54. The molecule has 1 unspecified atom stereocenters. The fourth-order valence-electron chi connectivity index (χ4n) is 1.54. The first-order chi connectivity index (χ1) is 8.30. The van der Waals surface area contributed by atoms with Gasteiger partial charge in [-0.15, -0.1) is 0 Å². The van der Waals surface area contributed by atoms with E-state index >= 15 is 0 Å². The van der Waals surface area contributed by atoms with Crippen molar-refractivity contribution in [2.24, 2.45) is 10.9 Å². The molecular formula is C10H6ClNO5S. The van der Waals surface area contributed by atoms with E-state index in [2.05, 4.69) is 4.99 Å². The lowest BCUT2D eigenvalue weighted by molar-refractivity contribution is -0.137. The fraction of sp³-hybridized carbons (Fsp3) is 0.100. The molecule has 0 bridgehead atoms. The Morgan fingerprint density at radius 1 is 1.39 bits per heavy atom. The Hall–Kier alpha value is -1.73. The van der Waals surface area contributed by atoms with Gasteiger partial charge in [0.25, 0.3) is 9.05 Å². The maximum absolute atomic E-state index is 11.8. The highest BCUT2D eigenvalue weighted by Gasteiger charge is 2.31. The molecule has 0 saturated carbocycles. The van der Waals surface area contributed by atoms with Crippen LogP contribution in [0.3, 0.4) is 0 Å². The maximum atomic E-state index is 11.8. The van der Waals surface area contributed by atoms with Gasteiger partial charge in [0.2, 0.25) is 0 Å². The van der Waals surface area contributed by atoms with Crippen molar-refractivity contribution in [1.29, 1.82) is 0 Å². The molecule has 2 rings (SSSR count).